The molecule has 1 saturated heterocycles. The van der Waals surface area contributed by atoms with Crippen molar-refractivity contribution < 1.29 is 9.53 Å². The number of carbonyl (C=O) groups excluding carboxylic acids is 1. The van der Waals surface area contributed by atoms with E-state index in [9.17, 15) is 4.79 Å². The molecule has 1 aliphatic heterocycles. The quantitative estimate of drug-likeness (QED) is 0.802. The molecule has 0 bridgehead atoms. The highest BCUT2D eigenvalue weighted by atomic mass is 16.5. The summed E-state index contributed by atoms with van der Waals surface area (Å²) in [6.07, 6.45) is 0.523. The van der Waals surface area contributed by atoms with Gasteiger partial charge in [0.2, 0.25) is 0 Å². The molecule has 1 aliphatic rings. The minimum Gasteiger partial charge on any atom is -0.378 e. The van der Waals surface area contributed by atoms with Gasteiger partial charge >= 0.3 is 0 Å². The lowest BCUT2D eigenvalue weighted by atomic mass is 10.00. The third-order valence-corrected chi connectivity index (χ3v) is 4.01. The van der Waals surface area contributed by atoms with Crippen molar-refractivity contribution in [2.45, 2.75) is 12.5 Å². The summed E-state index contributed by atoms with van der Waals surface area (Å²) in [4.78, 5) is 14.6. The van der Waals surface area contributed by atoms with Crippen molar-refractivity contribution in [2.24, 2.45) is 0 Å². The van der Waals surface area contributed by atoms with Crippen LogP contribution in [0, 0.1) is 0 Å². The van der Waals surface area contributed by atoms with Crippen LogP contribution in [0.2, 0.25) is 0 Å². The van der Waals surface area contributed by atoms with E-state index in [0.717, 1.165) is 24.1 Å². The van der Waals surface area contributed by atoms with Gasteiger partial charge in [-0.05, 0) is 23.9 Å². The highest BCUT2D eigenvalue weighted by Crippen LogP contribution is 2.18. The van der Waals surface area contributed by atoms with Gasteiger partial charge in [-0.2, -0.15) is 0 Å². The molecule has 0 amide bonds. The fraction of sp³-hybridized carbons (Fsp3) is 0.353. The Morgan fingerprint density at radius 2 is 2.05 bits per heavy atom. The number of hydrogen-bond acceptors (Lipinski definition) is 3. The largest absolute Gasteiger partial charge is 0.378 e. The normalized spacial score (nSPS) is 20.1. The summed E-state index contributed by atoms with van der Waals surface area (Å²) in [7, 11) is 2.06. The number of hydrogen-bond donors (Lipinski definition) is 0. The summed E-state index contributed by atoms with van der Waals surface area (Å²) in [5.74, 6) is 0.193. The molecule has 0 saturated carbocycles. The van der Waals surface area contributed by atoms with Crippen LogP contribution in [-0.4, -0.2) is 43.5 Å². The van der Waals surface area contributed by atoms with Crippen LogP contribution in [0.4, 0.5) is 0 Å². The maximum atomic E-state index is 12.4. The highest BCUT2D eigenvalue weighted by molar-refractivity contribution is 6.00. The molecule has 1 unspecified atom stereocenters. The summed E-state index contributed by atoms with van der Waals surface area (Å²) in [5.41, 5.74) is 0.794. The van der Waals surface area contributed by atoms with Gasteiger partial charge < -0.3 is 4.74 Å². The molecule has 1 fully saturated rings. The number of rotatable bonds is 3. The first-order valence-corrected chi connectivity index (χ1v) is 7.04. The average Bonchev–Trinajstić information content (AvgIpc) is 2.49. The van der Waals surface area contributed by atoms with E-state index in [2.05, 4.69) is 18.0 Å². The Morgan fingerprint density at radius 3 is 2.85 bits per heavy atom. The molecule has 0 aromatic heterocycles. The zero-order chi connectivity index (χ0) is 13.9. The summed E-state index contributed by atoms with van der Waals surface area (Å²) >= 11 is 0. The van der Waals surface area contributed by atoms with Crippen molar-refractivity contribution in [3.05, 3.63) is 48.0 Å². The fourth-order valence-electron chi connectivity index (χ4n) is 2.65. The van der Waals surface area contributed by atoms with Gasteiger partial charge in [-0.15, -0.1) is 0 Å². The number of nitrogens with zero attached hydrogens (tertiary/aromatic N) is 1. The summed E-state index contributed by atoms with van der Waals surface area (Å²) in [6, 6.07) is 14.2. The molecule has 0 radical (unpaired) electrons. The summed E-state index contributed by atoms with van der Waals surface area (Å²) < 4.78 is 5.47. The second-order valence-electron chi connectivity index (χ2n) is 5.40. The second kappa shape index (κ2) is 5.73. The fourth-order valence-corrected chi connectivity index (χ4v) is 2.65. The van der Waals surface area contributed by atoms with Gasteiger partial charge in [0, 0.05) is 24.6 Å². The SMILES string of the molecule is CN1CCOCC1CC(=O)c1ccc2ccccc2c1. The van der Waals surface area contributed by atoms with Crippen LogP contribution in [0.25, 0.3) is 10.8 Å². The Hall–Kier alpha value is -1.71. The zero-order valence-electron chi connectivity index (χ0n) is 11.7. The van der Waals surface area contributed by atoms with Crippen LogP contribution in [-0.2, 0) is 4.74 Å². The van der Waals surface area contributed by atoms with E-state index in [0.29, 0.717) is 13.0 Å². The van der Waals surface area contributed by atoms with Gasteiger partial charge in [-0.25, -0.2) is 0 Å². The number of ether oxygens (including phenoxy) is 1. The molecule has 1 atom stereocenters. The van der Waals surface area contributed by atoms with Gasteiger partial charge in [-0.1, -0.05) is 36.4 Å². The molecule has 3 rings (SSSR count). The van der Waals surface area contributed by atoms with Gasteiger partial charge in [-0.3, -0.25) is 9.69 Å². The minimum absolute atomic E-state index is 0.193. The van der Waals surface area contributed by atoms with Crippen LogP contribution in [0.15, 0.2) is 42.5 Å². The lowest BCUT2D eigenvalue weighted by molar-refractivity contribution is 0.00420. The first-order valence-electron chi connectivity index (χ1n) is 7.04. The molecular formula is C17H19NO2. The van der Waals surface area contributed by atoms with E-state index in [-0.39, 0.29) is 11.8 Å². The van der Waals surface area contributed by atoms with E-state index in [1.807, 2.05) is 36.4 Å². The van der Waals surface area contributed by atoms with Crippen molar-refractivity contribution in [2.75, 3.05) is 26.8 Å². The third-order valence-electron chi connectivity index (χ3n) is 4.01. The highest BCUT2D eigenvalue weighted by Gasteiger charge is 2.22. The molecule has 3 heteroatoms. The predicted octanol–water partition coefficient (Wildman–Crippen LogP) is 2.74. The van der Waals surface area contributed by atoms with Crippen molar-refractivity contribution in [3.63, 3.8) is 0 Å². The monoisotopic (exact) mass is 269 g/mol. The molecule has 0 spiro atoms. The van der Waals surface area contributed by atoms with Crippen LogP contribution in [0.1, 0.15) is 16.8 Å². The third kappa shape index (κ3) is 2.74. The maximum absolute atomic E-state index is 12.4. The van der Waals surface area contributed by atoms with Crippen LogP contribution in [0.3, 0.4) is 0 Å². The van der Waals surface area contributed by atoms with Crippen molar-refractivity contribution in [3.8, 4) is 0 Å². The van der Waals surface area contributed by atoms with Gasteiger partial charge in [0.25, 0.3) is 0 Å². The van der Waals surface area contributed by atoms with E-state index < -0.39 is 0 Å². The topological polar surface area (TPSA) is 29.5 Å². The van der Waals surface area contributed by atoms with Gasteiger partial charge in [0.15, 0.2) is 5.78 Å². The van der Waals surface area contributed by atoms with Crippen LogP contribution < -0.4 is 0 Å². The van der Waals surface area contributed by atoms with E-state index in [1.165, 1.54) is 5.39 Å². The number of ketones is 1. The number of benzene rings is 2. The van der Waals surface area contributed by atoms with Crippen molar-refractivity contribution >= 4 is 16.6 Å². The summed E-state index contributed by atoms with van der Waals surface area (Å²) in [6.45, 7) is 2.31. The molecule has 0 N–H and O–H groups in total. The number of likely N-dealkylation sites (N-methyl/N-ethyl adjacent to an activating group) is 1. The number of fused-ring (bicyclic) bond motifs is 1. The maximum Gasteiger partial charge on any atom is 0.164 e. The Morgan fingerprint density at radius 1 is 1.25 bits per heavy atom. The predicted molar refractivity (Wildman–Crippen MR) is 80.1 cm³/mol. The number of Topliss-reactive ketones (excluding diaryl/α,β-unsaturated/α-hetero) is 1. The van der Waals surface area contributed by atoms with Crippen LogP contribution >= 0.6 is 0 Å². The first-order chi connectivity index (χ1) is 9.74. The Balaban J connectivity index is 1.78. The molecule has 2 aromatic rings. The number of morpholine rings is 1. The van der Waals surface area contributed by atoms with Gasteiger partial charge in [0.1, 0.15) is 0 Å². The molecule has 20 heavy (non-hydrogen) atoms. The lowest BCUT2D eigenvalue weighted by Crippen LogP contribution is -2.43. The lowest BCUT2D eigenvalue weighted by Gasteiger charge is -2.31. The summed E-state index contributed by atoms with van der Waals surface area (Å²) in [5, 5.41) is 2.29. The van der Waals surface area contributed by atoms with Gasteiger partial charge in [0.05, 0.1) is 13.2 Å². The number of carbonyl (C=O) groups is 1. The van der Waals surface area contributed by atoms with E-state index >= 15 is 0 Å². The van der Waals surface area contributed by atoms with Crippen molar-refractivity contribution in [1.82, 2.24) is 4.90 Å². The van der Waals surface area contributed by atoms with E-state index in [1.54, 1.807) is 0 Å². The smallest absolute Gasteiger partial charge is 0.164 e. The molecular weight excluding hydrogens is 250 g/mol. The standard InChI is InChI=1S/C17H19NO2/c1-18-8-9-20-12-16(18)11-17(19)15-7-6-13-4-2-3-5-14(13)10-15/h2-7,10,16H,8-9,11-12H2,1H3. The molecule has 104 valence electrons. The molecule has 1 heterocycles. The minimum atomic E-state index is 0.193. The molecule has 3 nitrogen and oxygen atoms in total. The Bertz CT molecular complexity index is 623. The molecule has 2 aromatic carbocycles. The average molecular weight is 269 g/mol. The Kier molecular flexibility index (Phi) is 3.81. The Labute approximate surface area is 119 Å². The molecule has 0 aliphatic carbocycles. The van der Waals surface area contributed by atoms with Crippen molar-refractivity contribution in [1.29, 1.82) is 0 Å². The first kappa shape index (κ1) is 13.3. The zero-order valence-corrected chi connectivity index (χ0v) is 11.7. The van der Waals surface area contributed by atoms with E-state index in [4.69, 9.17) is 4.74 Å². The second-order valence-corrected chi connectivity index (χ2v) is 5.40. The van der Waals surface area contributed by atoms with Crippen LogP contribution in [0.5, 0.6) is 0 Å².